The standard InChI is InChI=1S/C24H35N5O3S/c1-2-11-29(17-21-25-26-23(32-21)20-8-7-16-33-20)22(30)18-27-14-9-19(10-15-27)24(31)28-12-5-3-4-6-13-28/h7-8,16,19H,2-6,9-15,17-18H2,1H3. The van der Waals surface area contributed by atoms with Crippen LogP contribution in [0.1, 0.15) is 57.8 Å². The van der Waals surface area contributed by atoms with Crippen LogP contribution in [0.15, 0.2) is 21.9 Å². The highest BCUT2D eigenvalue weighted by atomic mass is 32.1. The zero-order valence-corrected chi connectivity index (χ0v) is 20.4. The van der Waals surface area contributed by atoms with Gasteiger partial charge in [-0.2, -0.15) is 0 Å². The summed E-state index contributed by atoms with van der Waals surface area (Å²) in [4.78, 5) is 33.0. The minimum atomic E-state index is 0.0741. The first kappa shape index (κ1) is 23.9. The van der Waals surface area contributed by atoms with Crippen molar-refractivity contribution in [2.75, 3.05) is 39.3 Å². The molecule has 2 amide bonds. The third-order valence-electron chi connectivity index (χ3n) is 6.58. The summed E-state index contributed by atoms with van der Waals surface area (Å²) < 4.78 is 5.79. The highest BCUT2D eigenvalue weighted by Crippen LogP contribution is 2.24. The smallest absolute Gasteiger partial charge is 0.257 e. The van der Waals surface area contributed by atoms with Gasteiger partial charge in [0.05, 0.1) is 18.0 Å². The van der Waals surface area contributed by atoms with Gasteiger partial charge in [0.2, 0.25) is 17.7 Å². The molecule has 2 aromatic heterocycles. The molecule has 33 heavy (non-hydrogen) atoms. The molecule has 0 N–H and O–H groups in total. The minimum absolute atomic E-state index is 0.0741. The van der Waals surface area contributed by atoms with E-state index in [0.717, 1.165) is 63.2 Å². The number of nitrogens with zero attached hydrogens (tertiary/aromatic N) is 5. The Morgan fingerprint density at radius 2 is 1.88 bits per heavy atom. The van der Waals surface area contributed by atoms with Crippen LogP contribution in [-0.4, -0.2) is 76.0 Å². The molecule has 0 aromatic carbocycles. The number of likely N-dealkylation sites (tertiary alicyclic amines) is 2. The topological polar surface area (TPSA) is 82.8 Å². The van der Waals surface area contributed by atoms with Crippen LogP contribution in [0.5, 0.6) is 0 Å². The summed E-state index contributed by atoms with van der Waals surface area (Å²) in [5.74, 6) is 1.47. The molecule has 2 aromatic rings. The van der Waals surface area contributed by atoms with Crippen LogP contribution in [0.2, 0.25) is 0 Å². The van der Waals surface area contributed by atoms with E-state index in [1.54, 1.807) is 16.2 Å². The van der Waals surface area contributed by atoms with Crippen molar-refractivity contribution >= 4 is 23.2 Å². The lowest BCUT2D eigenvalue weighted by Gasteiger charge is -2.34. The molecule has 2 aliphatic heterocycles. The molecule has 0 bridgehead atoms. The number of carbonyl (C=O) groups is 2. The van der Waals surface area contributed by atoms with Gasteiger partial charge in [-0.05, 0) is 56.6 Å². The van der Waals surface area contributed by atoms with Gasteiger partial charge >= 0.3 is 0 Å². The number of piperidine rings is 1. The largest absolute Gasteiger partial charge is 0.418 e. The number of thiophene rings is 1. The lowest BCUT2D eigenvalue weighted by molar-refractivity contribution is -0.137. The van der Waals surface area contributed by atoms with Crippen LogP contribution in [0.3, 0.4) is 0 Å². The number of carbonyl (C=O) groups excluding carboxylic acids is 2. The van der Waals surface area contributed by atoms with Crippen molar-refractivity contribution in [3.05, 3.63) is 23.4 Å². The first-order chi connectivity index (χ1) is 16.1. The van der Waals surface area contributed by atoms with Crippen molar-refractivity contribution in [3.63, 3.8) is 0 Å². The molecule has 8 nitrogen and oxygen atoms in total. The van der Waals surface area contributed by atoms with Gasteiger partial charge < -0.3 is 14.2 Å². The molecule has 2 saturated heterocycles. The van der Waals surface area contributed by atoms with Crippen LogP contribution in [0.25, 0.3) is 10.8 Å². The summed E-state index contributed by atoms with van der Waals surface area (Å²) in [6.45, 7) is 6.81. The number of rotatable bonds is 8. The van der Waals surface area contributed by atoms with Crippen molar-refractivity contribution in [2.24, 2.45) is 5.92 Å². The second kappa shape index (κ2) is 11.7. The van der Waals surface area contributed by atoms with Crippen LogP contribution < -0.4 is 0 Å². The Bertz CT molecular complexity index is 884. The van der Waals surface area contributed by atoms with Crippen molar-refractivity contribution in [1.82, 2.24) is 24.9 Å². The van der Waals surface area contributed by atoms with E-state index in [4.69, 9.17) is 4.42 Å². The van der Waals surface area contributed by atoms with Crippen molar-refractivity contribution in [1.29, 1.82) is 0 Å². The van der Waals surface area contributed by atoms with E-state index in [1.165, 1.54) is 12.8 Å². The minimum Gasteiger partial charge on any atom is -0.418 e. The van der Waals surface area contributed by atoms with Crippen molar-refractivity contribution < 1.29 is 14.0 Å². The second-order valence-electron chi connectivity index (χ2n) is 9.08. The lowest BCUT2D eigenvalue weighted by Crippen LogP contribution is -2.46. The average Bonchev–Trinajstić information content (AvgIpc) is 3.45. The number of aromatic nitrogens is 2. The Kier molecular flexibility index (Phi) is 8.50. The molecule has 0 aliphatic carbocycles. The molecule has 0 saturated carbocycles. The van der Waals surface area contributed by atoms with Crippen LogP contribution in [0.4, 0.5) is 0 Å². The Hall–Kier alpha value is -2.26. The molecule has 4 rings (SSSR count). The normalized spacial score (nSPS) is 18.3. The fraction of sp³-hybridized carbons (Fsp3) is 0.667. The maximum absolute atomic E-state index is 13.1. The Labute approximate surface area is 199 Å². The lowest BCUT2D eigenvalue weighted by atomic mass is 9.95. The molecular weight excluding hydrogens is 438 g/mol. The number of hydrogen-bond acceptors (Lipinski definition) is 7. The van der Waals surface area contributed by atoms with E-state index in [9.17, 15) is 9.59 Å². The van der Waals surface area contributed by atoms with E-state index in [2.05, 4.69) is 26.9 Å². The zero-order valence-electron chi connectivity index (χ0n) is 19.6. The van der Waals surface area contributed by atoms with Crippen molar-refractivity contribution in [2.45, 2.75) is 58.4 Å². The zero-order chi connectivity index (χ0) is 23.0. The molecule has 0 unspecified atom stereocenters. The molecule has 2 fully saturated rings. The number of amides is 2. The van der Waals surface area contributed by atoms with Gasteiger partial charge in [0.15, 0.2) is 0 Å². The van der Waals surface area contributed by atoms with Crippen LogP contribution in [0, 0.1) is 5.92 Å². The maximum atomic E-state index is 13.1. The Balaban J connectivity index is 1.27. The third-order valence-corrected chi connectivity index (χ3v) is 7.44. The third kappa shape index (κ3) is 6.41. The molecule has 2 aliphatic rings. The predicted octanol–water partition coefficient (Wildman–Crippen LogP) is 3.65. The molecule has 0 spiro atoms. The first-order valence-electron chi connectivity index (χ1n) is 12.3. The average molecular weight is 474 g/mol. The summed E-state index contributed by atoms with van der Waals surface area (Å²) in [6.07, 6.45) is 7.26. The monoisotopic (exact) mass is 473 g/mol. The fourth-order valence-corrected chi connectivity index (χ4v) is 5.37. The van der Waals surface area contributed by atoms with Gasteiger partial charge in [0.25, 0.3) is 5.89 Å². The van der Waals surface area contributed by atoms with Crippen LogP contribution >= 0.6 is 11.3 Å². The summed E-state index contributed by atoms with van der Waals surface area (Å²) in [5.41, 5.74) is 0. The number of hydrogen-bond donors (Lipinski definition) is 0. The molecular formula is C24H35N5O3S. The molecule has 4 heterocycles. The fourth-order valence-electron chi connectivity index (χ4n) is 4.72. The summed E-state index contributed by atoms with van der Waals surface area (Å²) in [7, 11) is 0. The van der Waals surface area contributed by atoms with E-state index >= 15 is 0 Å². The first-order valence-corrected chi connectivity index (χ1v) is 13.2. The SMILES string of the molecule is CCCN(Cc1nnc(-c2cccs2)o1)C(=O)CN1CCC(C(=O)N2CCCCCC2)CC1. The highest BCUT2D eigenvalue weighted by Gasteiger charge is 2.30. The van der Waals surface area contributed by atoms with Gasteiger partial charge in [-0.15, -0.1) is 21.5 Å². The van der Waals surface area contributed by atoms with Gasteiger partial charge in [0.1, 0.15) is 0 Å². The summed E-state index contributed by atoms with van der Waals surface area (Å²) in [6, 6.07) is 3.89. The van der Waals surface area contributed by atoms with Gasteiger partial charge in [-0.3, -0.25) is 14.5 Å². The molecule has 9 heteroatoms. The molecule has 0 atom stereocenters. The Morgan fingerprint density at radius 1 is 1.12 bits per heavy atom. The summed E-state index contributed by atoms with van der Waals surface area (Å²) in [5, 5.41) is 10.2. The van der Waals surface area contributed by atoms with Crippen molar-refractivity contribution in [3.8, 4) is 10.8 Å². The van der Waals surface area contributed by atoms with E-state index in [-0.39, 0.29) is 11.8 Å². The molecule has 0 radical (unpaired) electrons. The van der Waals surface area contributed by atoms with E-state index < -0.39 is 0 Å². The van der Waals surface area contributed by atoms with Crippen LogP contribution in [-0.2, 0) is 16.1 Å². The van der Waals surface area contributed by atoms with E-state index in [0.29, 0.717) is 37.3 Å². The van der Waals surface area contributed by atoms with Gasteiger partial charge in [-0.25, -0.2) is 0 Å². The summed E-state index contributed by atoms with van der Waals surface area (Å²) >= 11 is 1.55. The highest BCUT2D eigenvalue weighted by molar-refractivity contribution is 7.13. The second-order valence-corrected chi connectivity index (χ2v) is 10.0. The van der Waals surface area contributed by atoms with E-state index in [1.807, 2.05) is 17.5 Å². The van der Waals surface area contributed by atoms with Gasteiger partial charge in [0, 0.05) is 25.6 Å². The predicted molar refractivity (Wildman–Crippen MR) is 128 cm³/mol. The maximum Gasteiger partial charge on any atom is 0.257 e. The van der Waals surface area contributed by atoms with Gasteiger partial charge in [-0.1, -0.05) is 25.8 Å². The quantitative estimate of drug-likeness (QED) is 0.582. The Morgan fingerprint density at radius 3 is 2.55 bits per heavy atom. The molecule has 180 valence electrons.